The van der Waals surface area contributed by atoms with Crippen molar-refractivity contribution in [2.75, 3.05) is 32.6 Å². The van der Waals surface area contributed by atoms with Gasteiger partial charge in [0.1, 0.15) is 16.0 Å². The fraction of sp³-hybridized carbons (Fsp3) is 0.350. The predicted octanol–water partition coefficient (Wildman–Crippen LogP) is 3.89. The fourth-order valence-electron chi connectivity index (χ4n) is 3.17. The summed E-state index contributed by atoms with van der Waals surface area (Å²) < 4.78 is 38.1. The van der Waals surface area contributed by atoms with E-state index in [4.69, 9.17) is 9.47 Å². The van der Waals surface area contributed by atoms with Crippen LogP contribution in [0, 0.1) is 0 Å². The first-order valence-corrected chi connectivity index (χ1v) is 11.4. The van der Waals surface area contributed by atoms with Crippen LogP contribution in [0.5, 0.6) is 11.5 Å². The molecule has 2 aromatic rings. The molecule has 1 amide bonds. The average molecular weight is 483 g/mol. The second-order valence-corrected chi connectivity index (χ2v) is 9.37. The third-order valence-corrected chi connectivity index (χ3v) is 7.47. The summed E-state index contributed by atoms with van der Waals surface area (Å²) in [7, 11) is -0.494. The van der Waals surface area contributed by atoms with Crippen LogP contribution in [0.2, 0.25) is 0 Å². The molecular weight excluding hydrogens is 460 g/mol. The maximum atomic E-state index is 12.7. The minimum Gasteiger partial charge on any atom is -0.495 e. The Balaban J connectivity index is 1.77. The lowest BCUT2D eigenvalue weighted by molar-refractivity contribution is 0.102. The molecule has 1 aliphatic rings. The van der Waals surface area contributed by atoms with Crippen molar-refractivity contribution in [3.63, 3.8) is 0 Å². The van der Waals surface area contributed by atoms with Crippen LogP contribution in [0.25, 0.3) is 0 Å². The van der Waals surface area contributed by atoms with Gasteiger partial charge in [0.15, 0.2) is 0 Å². The highest BCUT2D eigenvalue weighted by Crippen LogP contribution is 2.35. The number of ether oxygens (including phenoxy) is 2. The molecule has 1 fully saturated rings. The molecule has 0 unspecified atom stereocenters. The van der Waals surface area contributed by atoms with E-state index in [2.05, 4.69) is 21.2 Å². The monoisotopic (exact) mass is 482 g/mol. The van der Waals surface area contributed by atoms with Crippen LogP contribution in [0.4, 0.5) is 5.69 Å². The molecule has 0 aromatic heterocycles. The second-order valence-electron chi connectivity index (χ2n) is 6.64. The first-order valence-electron chi connectivity index (χ1n) is 9.20. The molecule has 1 heterocycles. The molecule has 0 radical (unpaired) electrons. The number of halogens is 1. The van der Waals surface area contributed by atoms with Gasteiger partial charge in [0.2, 0.25) is 10.0 Å². The van der Waals surface area contributed by atoms with Gasteiger partial charge in [-0.1, -0.05) is 6.42 Å². The van der Waals surface area contributed by atoms with E-state index in [1.165, 1.54) is 30.7 Å². The number of benzene rings is 2. The summed E-state index contributed by atoms with van der Waals surface area (Å²) in [6.07, 6.45) is 2.82. The van der Waals surface area contributed by atoms with Gasteiger partial charge in [0.05, 0.1) is 19.1 Å². The standard InChI is InChI=1S/C20H23BrN2O5S/c1-27-17-12-14(13-18(28-2)19(17)21)20(24)22-15-6-8-16(9-7-15)29(25,26)23-10-4-3-5-11-23/h6-9,12-13H,3-5,10-11H2,1-2H3,(H,22,24). The normalized spacial score (nSPS) is 15.0. The number of rotatable bonds is 6. The molecule has 0 saturated carbocycles. The second kappa shape index (κ2) is 9.15. The van der Waals surface area contributed by atoms with Crippen LogP contribution < -0.4 is 14.8 Å². The molecule has 2 aromatic carbocycles. The van der Waals surface area contributed by atoms with Crippen molar-refractivity contribution >= 4 is 37.5 Å². The van der Waals surface area contributed by atoms with Gasteiger partial charge >= 0.3 is 0 Å². The van der Waals surface area contributed by atoms with Crippen molar-refractivity contribution in [3.05, 3.63) is 46.4 Å². The summed E-state index contributed by atoms with van der Waals surface area (Å²) >= 11 is 3.37. The molecule has 29 heavy (non-hydrogen) atoms. The SMILES string of the molecule is COc1cc(C(=O)Nc2ccc(S(=O)(=O)N3CCCCC3)cc2)cc(OC)c1Br. The maximum Gasteiger partial charge on any atom is 0.255 e. The molecule has 0 spiro atoms. The van der Waals surface area contributed by atoms with E-state index in [-0.39, 0.29) is 10.8 Å². The molecule has 9 heteroatoms. The molecule has 0 bridgehead atoms. The Morgan fingerprint density at radius 1 is 1.00 bits per heavy atom. The number of carbonyl (C=O) groups excluding carboxylic acids is 1. The molecule has 1 N–H and O–H groups in total. The van der Waals surface area contributed by atoms with Crippen molar-refractivity contribution in [2.45, 2.75) is 24.2 Å². The first kappa shape index (κ1) is 21.6. The van der Waals surface area contributed by atoms with Gasteiger partial charge in [-0.05, 0) is 65.2 Å². The lowest BCUT2D eigenvalue weighted by Crippen LogP contribution is -2.35. The number of hydrogen-bond acceptors (Lipinski definition) is 5. The van der Waals surface area contributed by atoms with Crippen LogP contribution in [0.3, 0.4) is 0 Å². The number of piperidine rings is 1. The largest absolute Gasteiger partial charge is 0.495 e. The topological polar surface area (TPSA) is 84.9 Å². The van der Waals surface area contributed by atoms with Crippen LogP contribution in [0.1, 0.15) is 29.6 Å². The number of sulfonamides is 1. The van der Waals surface area contributed by atoms with Crippen molar-refractivity contribution in [1.29, 1.82) is 0 Å². The van der Waals surface area contributed by atoms with Crippen LogP contribution >= 0.6 is 15.9 Å². The highest BCUT2D eigenvalue weighted by molar-refractivity contribution is 9.10. The average Bonchev–Trinajstić information content (AvgIpc) is 2.74. The highest BCUT2D eigenvalue weighted by atomic mass is 79.9. The Labute approximate surface area is 179 Å². The van der Waals surface area contributed by atoms with E-state index in [9.17, 15) is 13.2 Å². The van der Waals surface area contributed by atoms with Gasteiger partial charge in [-0.3, -0.25) is 4.79 Å². The molecule has 0 atom stereocenters. The van der Waals surface area contributed by atoms with Crippen molar-refractivity contribution in [1.82, 2.24) is 4.31 Å². The summed E-state index contributed by atoms with van der Waals surface area (Å²) in [6.45, 7) is 1.10. The third-order valence-electron chi connectivity index (χ3n) is 4.77. The number of hydrogen-bond donors (Lipinski definition) is 1. The van der Waals surface area contributed by atoms with Crippen molar-refractivity contribution < 1.29 is 22.7 Å². The number of nitrogens with one attached hydrogen (secondary N) is 1. The minimum atomic E-state index is -3.50. The highest BCUT2D eigenvalue weighted by Gasteiger charge is 2.25. The summed E-state index contributed by atoms with van der Waals surface area (Å²) in [6, 6.07) is 9.39. The molecule has 3 rings (SSSR count). The van der Waals surface area contributed by atoms with Gasteiger partial charge in [-0.15, -0.1) is 0 Å². The quantitative estimate of drug-likeness (QED) is 0.674. The van der Waals surface area contributed by atoms with E-state index < -0.39 is 10.0 Å². The summed E-state index contributed by atoms with van der Waals surface area (Å²) in [5.74, 6) is 0.579. The zero-order valence-corrected chi connectivity index (χ0v) is 18.7. The van der Waals surface area contributed by atoms with Crippen LogP contribution in [0.15, 0.2) is 45.8 Å². The van der Waals surface area contributed by atoms with E-state index in [1.54, 1.807) is 24.3 Å². The number of nitrogens with zero attached hydrogens (tertiary/aromatic N) is 1. The van der Waals surface area contributed by atoms with E-state index in [1.807, 2.05) is 0 Å². The lowest BCUT2D eigenvalue weighted by Gasteiger charge is -2.25. The number of methoxy groups -OCH3 is 2. The van der Waals surface area contributed by atoms with E-state index in [0.717, 1.165) is 19.3 Å². The van der Waals surface area contributed by atoms with E-state index in [0.29, 0.717) is 40.3 Å². The molecule has 0 aliphatic carbocycles. The van der Waals surface area contributed by atoms with Crippen molar-refractivity contribution in [2.24, 2.45) is 0 Å². The molecule has 1 aliphatic heterocycles. The van der Waals surface area contributed by atoms with Crippen LogP contribution in [-0.4, -0.2) is 45.9 Å². The van der Waals surface area contributed by atoms with Gasteiger partial charge < -0.3 is 14.8 Å². The van der Waals surface area contributed by atoms with Crippen LogP contribution in [-0.2, 0) is 10.0 Å². The summed E-state index contributed by atoms with van der Waals surface area (Å²) in [5, 5.41) is 2.76. The molecule has 1 saturated heterocycles. The summed E-state index contributed by atoms with van der Waals surface area (Å²) in [5.41, 5.74) is 0.848. The summed E-state index contributed by atoms with van der Waals surface area (Å²) in [4.78, 5) is 12.9. The number of anilines is 1. The Morgan fingerprint density at radius 3 is 2.07 bits per heavy atom. The van der Waals surface area contributed by atoms with Gasteiger partial charge in [-0.2, -0.15) is 4.31 Å². The minimum absolute atomic E-state index is 0.226. The zero-order chi connectivity index (χ0) is 21.0. The smallest absolute Gasteiger partial charge is 0.255 e. The van der Waals surface area contributed by atoms with Gasteiger partial charge in [0, 0.05) is 24.3 Å². The number of amides is 1. The first-order chi connectivity index (χ1) is 13.9. The zero-order valence-electron chi connectivity index (χ0n) is 16.3. The molecule has 156 valence electrons. The Hall–Kier alpha value is -2.10. The molecular formula is C20H23BrN2O5S. The Kier molecular flexibility index (Phi) is 6.81. The lowest BCUT2D eigenvalue weighted by atomic mass is 10.1. The molecule has 7 nitrogen and oxygen atoms in total. The Morgan fingerprint density at radius 2 is 1.55 bits per heavy atom. The van der Waals surface area contributed by atoms with Crippen molar-refractivity contribution in [3.8, 4) is 11.5 Å². The third kappa shape index (κ3) is 4.73. The fourth-order valence-corrected chi connectivity index (χ4v) is 5.24. The predicted molar refractivity (Wildman–Crippen MR) is 114 cm³/mol. The van der Waals surface area contributed by atoms with Gasteiger partial charge in [-0.25, -0.2) is 8.42 Å². The maximum absolute atomic E-state index is 12.7. The Bertz CT molecular complexity index is 961. The van der Waals surface area contributed by atoms with Gasteiger partial charge in [0.25, 0.3) is 5.91 Å². The van der Waals surface area contributed by atoms with E-state index >= 15 is 0 Å². The number of carbonyl (C=O) groups is 1.